The Balaban J connectivity index is 2.04. The van der Waals surface area contributed by atoms with E-state index in [-0.39, 0.29) is 4.90 Å². The molecule has 1 aliphatic rings. The maximum atomic E-state index is 12.8. The number of hydrogen-bond donors (Lipinski definition) is 0. The lowest BCUT2D eigenvalue weighted by Gasteiger charge is -2.18. The summed E-state index contributed by atoms with van der Waals surface area (Å²) in [6.45, 7) is 0. The van der Waals surface area contributed by atoms with Crippen molar-refractivity contribution in [3.63, 3.8) is 0 Å². The minimum atomic E-state index is -4.57. The average molecular weight is 723 g/mol. The largest absolute Gasteiger partial charge is 0.744 e. The van der Waals surface area contributed by atoms with Gasteiger partial charge in [-0.05, 0) is 129 Å². The molecule has 0 bridgehead atoms. The van der Waals surface area contributed by atoms with Crippen LogP contribution in [0.1, 0.15) is 40.7 Å². The van der Waals surface area contributed by atoms with Gasteiger partial charge in [0.05, 0.1) is 10.5 Å². The molecule has 144 valence electrons. The molecule has 3 rings (SSSR count). The van der Waals surface area contributed by atoms with Gasteiger partial charge in [-0.1, -0.05) is 6.42 Å². The maximum absolute atomic E-state index is 12.8. The predicted molar refractivity (Wildman–Crippen MR) is 125 cm³/mol. The molecule has 5 nitrogen and oxygen atoms in total. The second-order valence-corrected chi connectivity index (χ2v) is 11.0. The fraction of sp³-hybridized carbons (Fsp3) is 0.278. The average Bonchev–Trinajstić information content (AvgIpc) is 2.83. The standard InChI is InChI=1S/C18H15I3O5S/c19-10-8-13(17(21)14(20)9-10)18(22)26-15-6-7-16(27(23,24)25)12-5-3-1-2-4-11(12)15/h6-9H,1-5H2,(H,23,24,25)/p-1. The first-order valence-corrected chi connectivity index (χ1v) is 12.8. The molecule has 27 heavy (non-hydrogen) atoms. The van der Waals surface area contributed by atoms with Crippen molar-refractivity contribution in [3.05, 3.63) is 51.7 Å². The van der Waals surface area contributed by atoms with Gasteiger partial charge in [-0.2, -0.15) is 0 Å². The lowest BCUT2D eigenvalue weighted by molar-refractivity contribution is 0.0731. The van der Waals surface area contributed by atoms with Crippen molar-refractivity contribution < 1.29 is 22.5 Å². The zero-order valence-corrected chi connectivity index (χ0v) is 21.2. The molecule has 0 N–H and O–H groups in total. The highest BCUT2D eigenvalue weighted by atomic mass is 127. The Morgan fingerprint density at radius 3 is 2.33 bits per heavy atom. The lowest BCUT2D eigenvalue weighted by atomic mass is 10.0. The summed E-state index contributed by atoms with van der Waals surface area (Å²) >= 11 is 6.43. The van der Waals surface area contributed by atoms with Gasteiger partial charge in [0.25, 0.3) is 0 Å². The van der Waals surface area contributed by atoms with Gasteiger partial charge < -0.3 is 9.29 Å². The van der Waals surface area contributed by atoms with E-state index < -0.39 is 16.1 Å². The normalized spacial score (nSPS) is 14.4. The predicted octanol–water partition coefficient (Wildman–Crippen LogP) is 4.89. The molecule has 0 aromatic heterocycles. The second-order valence-electron chi connectivity index (χ2n) is 6.17. The molecule has 0 radical (unpaired) electrons. The van der Waals surface area contributed by atoms with E-state index in [4.69, 9.17) is 4.74 Å². The van der Waals surface area contributed by atoms with Crippen molar-refractivity contribution >= 4 is 83.9 Å². The van der Waals surface area contributed by atoms with Gasteiger partial charge in [0.15, 0.2) is 0 Å². The van der Waals surface area contributed by atoms with Crippen LogP contribution in [-0.2, 0) is 23.0 Å². The number of benzene rings is 2. The summed E-state index contributed by atoms with van der Waals surface area (Å²) < 4.78 is 43.2. The molecule has 0 atom stereocenters. The van der Waals surface area contributed by atoms with Gasteiger partial charge in [0, 0.05) is 10.7 Å². The molecule has 0 aliphatic heterocycles. The Morgan fingerprint density at radius 1 is 1.00 bits per heavy atom. The van der Waals surface area contributed by atoms with E-state index in [0.29, 0.717) is 35.3 Å². The second kappa shape index (κ2) is 8.79. The van der Waals surface area contributed by atoms with Gasteiger partial charge in [0.1, 0.15) is 15.9 Å². The van der Waals surface area contributed by atoms with E-state index >= 15 is 0 Å². The zero-order valence-electron chi connectivity index (χ0n) is 13.9. The van der Waals surface area contributed by atoms with Crippen LogP contribution in [0, 0.1) is 10.7 Å². The smallest absolute Gasteiger partial charge is 0.344 e. The molecular formula is C18H14I3O5S-. The minimum Gasteiger partial charge on any atom is -0.744 e. The minimum absolute atomic E-state index is 0.197. The molecule has 0 saturated heterocycles. The van der Waals surface area contributed by atoms with E-state index in [1.807, 2.05) is 6.07 Å². The first kappa shape index (κ1) is 21.7. The van der Waals surface area contributed by atoms with E-state index in [1.54, 1.807) is 6.07 Å². The summed E-state index contributed by atoms with van der Waals surface area (Å²) in [5.74, 6) is -0.144. The number of ether oxygens (including phenoxy) is 1. The van der Waals surface area contributed by atoms with Crippen LogP contribution in [0.4, 0.5) is 0 Å². The van der Waals surface area contributed by atoms with Crippen LogP contribution in [-0.4, -0.2) is 18.9 Å². The third-order valence-electron chi connectivity index (χ3n) is 4.38. The van der Waals surface area contributed by atoms with E-state index in [9.17, 15) is 17.8 Å². The number of fused-ring (bicyclic) bond motifs is 1. The van der Waals surface area contributed by atoms with Crippen molar-refractivity contribution in [3.8, 4) is 5.75 Å². The quantitative estimate of drug-likeness (QED) is 0.113. The molecule has 0 unspecified atom stereocenters. The first-order chi connectivity index (χ1) is 12.7. The van der Waals surface area contributed by atoms with Gasteiger partial charge in [-0.25, -0.2) is 13.2 Å². The van der Waals surface area contributed by atoms with Crippen molar-refractivity contribution in [2.75, 3.05) is 0 Å². The van der Waals surface area contributed by atoms with Gasteiger partial charge in [-0.3, -0.25) is 0 Å². The van der Waals surface area contributed by atoms with Crippen LogP contribution in [0.25, 0.3) is 0 Å². The number of carbonyl (C=O) groups is 1. The number of carbonyl (C=O) groups excluding carboxylic acids is 1. The van der Waals surface area contributed by atoms with Crippen LogP contribution >= 0.6 is 67.8 Å². The maximum Gasteiger partial charge on any atom is 0.344 e. The van der Waals surface area contributed by atoms with Crippen LogP contribution < -0.4 is 4.74 Å². The topological polar surface area (TPSA) is 83.5 Å². The Morgan fingerprint density at radius 2 is 1.67 bits per heavy atom. The highest BCUT2D eigenvalue weighted by Crippen LogP contribution is 2.34. The van der Waals surface area contributed by atoms with Crippen LogP contribution in [0.3, 0.4) is 0 Å². The molecule has 9 heteroatoms. The van der Waals surface area contributed by atoms with Crippen molar-refractivity contribution in [2.24, 2.45) is 0 Å². The van der Waals surface area contributed by atoms with Crippen molar-refractivity contribution in [1.29, 1.82) is 0 Å². The first-order valence-electron chi connectivity index (χ1n) is 8.16. The zero-order chi connectivity index (χ0) is 19.8. The summed E-state index contributed by atoms with van der Waals surface area (Å²) in [6, 6.07) is 6.43. The van der Waals surface area contributed by atoms with E-state index in [0.717, 1.165) is 30.0 Å². The number of esters is 1. The van der Waals surface area contributed by atoms with Gasteiger partial charge in [-0.15, -0.1) is 0 Å². The Labute approximate surface area is 198 Å². The van der Waals surface area contributed by atoms with Crippen molar-refractivity contribution in [1.82, 2.24) is 0 Å². The Bertz CT molecular complexity index is 1020. The van der Waals surface area contributed by atoms with Gasteiger partial charge in [0.2, 0.25) is 0 Å². The van der Waals surface area contributed by atoms with E-state index in [2.05, 4.69) is 67.8 Å². The third kappa shape index (κ3) is 4.95. The third-order valence-corrected chi connectivity index (χ3v) is 8.97. The molecule has 0 amide bonds. The highest BCUT2D eigenvalue weighted by molar-refractivity contribution is 14.1. The molecule has 0 spiro atoms. The molecule has 0 heterocycles. The Kier molecular flexibility index (Phi) is 7.07. The van der Waals surface area contributed by atoms with E-state index in [1.165, 1.54) is 12.1 Å². The molecular weight excluding hydrogens is 709 g/mol. The SMILES string of the molecule is O=C(Oc1ccc(S(=O)(=O)[O-])c2c1CCCCC2)c1cc(I)cc(I)c1I. The van der Waals surface area contributed by atoms with Crippen LogP contribution in [0.2, 0.25) is 0 Å². The fourth-order valence-electron chi connectivity index (χ4n) is 3.17. The lowest BCUT2D eigenvalue weighted by Crippen LogP contribution is -2.14. The van der Waals surface area contributed by atoms with Crippen LogP contribution in [0.15, 0.2) is 29.2 Å². The summed E-state index contributed by atoms with van der Waals surface area (Å²) in [7, 11) is -4.57. The molecule has 0 fully saturated rings. The molecule has 1 aliphatic carbocycles. The summed E-state index contributed by atoms with van der Waals surface area (Å²) in [6.07, 6.45) is 3.68. The highest BCUT2D eigenvalue weighted by Gasteiger charge is 2.23. The van der Waals surface area contributed by atoms with Crippen LogP contribution in [0.5, 0.6) is 5.75 Å². The summed E-state index contributed by atoms with van der Waals surface area (Å²) in [4.78, 5) is 12.6. The molecule has 2 aromatic carbocycles. The molecule has 2 aromatic rings. The monoisotopic (exact) mass is 723 g/mol. The summed E-state index contributed by atoms with van der Waals surface area (Å²) in [5, 5.41) is 0. The number of halogens is 3. The fourth-order valence-corrected chi connectivity index (χ4v) is 6.31. The molecule has 0 saturated carbocycles. The Hall–Kier alpha value is 0.0100. The van der Waals surface area contributed by atoms with Crippen molar-refractivity contribution in [2.45, 2.75) is 37.0 Å². The number of rotatable bonds is 3. The summed E-state index contributed by atoms with van der Waals surface area (Å²) in [5.41, 5.74) is 1.63. The van der Waals surface area contributed by atoms with Gasteiger partial charge >= 0.3 is 5.97 Å². The number of hydrogen-bond acceptors (Lipinski definition) is 5.